The number of nitrogens with zero attached hydrogens (tertiary/aromatic N) is 6. The fourth-order valence-electron chi connectivity index (χ4n) is 3.54. The van der Waals surface area contributed by atoms with Gasteiger partial charge in [0.15, 0.2) is 0 Å². The van der Waals surface area contributed by atoms with Crippen molar-refractivity contribution < 1.29 is 17.2 Å². The van der Waals surface area contributed by atoms with Crippen molar-refractivity contribution in [3.63, 3.8) is 0 Å². The zero-order valence-electron chi connectivity index (χ0n) is 17.4. The van der Waals surface area contributed by atoms with Gasteiger partial charge in [0.2, 0.25) is 10.0 Å². The van der Waals surface area contributed by atoms with Gasteiger partial charge in [-0.25, -0.2) is 32.2 Å². The molecule has 3 aromatic rings. The summed E-state index contributed by atoms with van der Waals surface area (Å²) >= 11 is 0. The van der Waals surface area contributed by atoms with Gasteiger partial charge in [0.1, 0.15) is 35.4 Å². The molecule has 164 valence electrons. The highest BCUT2D eigenvalue weighted by atomic mass is 32.2. The Morgan fingerprint density at radius 1 is 0.871 bits per heavy atom. The van der Waals surface area contributed by atoms with E-state index in [4.69, 9.17) is 0 Å². The number of rotatable bonds is 4. The predicted molar refractivity (Wildman–Crippen MR) is 111 cm³/mol. The number of aryl methyl sites for hydroxylation is 2. The first-order valence-electron chi connectivity index (χ1n) is 9.73. The molecule has 11 heteroatoms. The summed E-state index contributed by atoms with van der Waals surface area (Å²) in [6, 6.07) is 4.16. The molecule has 0 radical (unpaired) electrons. The highest BCUT2D eigenvalue weighted by Gasteiger charge is 2.30. The smallest absolute Gasteiger partial charge is 0.243 e. The Morgan fingerprint density at radius 3 is 2.06 bits per heavy atom. The average Bonchev–Trinajstić information content (AvgIpc) is 3.05. The topological polar surface area (TPSA) is 84.2 Å². The molecule has 0 bridgehead atoms. The summed E-state index contributed by atoms with van der Waals surface area (Å²) in [4.78, 5) is 14.9. The van der Waals surface area contributed by atoms with Gasteiger partial charge in [-0.05, 0) is 32.9 Å². The van der Waals surface area contributed by atoms with Crippen LogP contribution < -0.4 is 4.90 Å². The normalized spacial score (nSPS) is 15.5. The minimum atomic E-state index is -3.99. The van der Waals surface area contributed by atoms with Crippen LogP contribution in [-0.4, -0.2) is 58.4 Å². The van der Waals surface area contributed by atoms with Crippen LogP contribution in [0.5, 0.6) is 0 Å². The third-order valence-corrected chi connectivity index (χ3v) is 7.22. The molecular weight excluding hydrogens is 426 g/mol. The maximum Gasteiger partial charge on any atom is 0.243 e. The second-order valence-electron chi connectivity index (χ2n) is 7.41. The Balaban J connectivity index is 1.54. The van der Waals surface area contributed by atoms with Crippen molar-refractivity contribution in [1.29, 1.82) is 0 Å². The van der Waals surface area contributed by atoms with E-state index < -0.39 is 21.7 Å². The molecule has 0 saturated carbocycles. The Morgan fingerprint density at radius 2 is 1.48 bits per heavy atom. The lowest BCUT2D eigenvalue weighted by molar-refractivity contribution is 0.383. The molecule has 1 aliphatic rings. The number of aromatic nitrogens is 4. The molecule has 1 aliphatic heterocycles. The van der Waals surface area contributed by atoms with Crippen LogP contribution in [0.4, 0.5) is 14.6 Å². The summed E-state index contributed by atoms with van der Waals surface area (Å²) in [6.07, 6.45) is 1.71. The van der Waals surface area contributed by atoms with Gasteiger partial charge in [-0.15, -0.1) is 0 Å². The molecule has 1 aromatic carbocycles. The molecule has 0 aliphatic carbocycles. The summed E-state index contributed by atoms with van der Waals surface area (Å²) in [7, 11) is -3.99. The minimum absolute atomic E-state index is 0.169. The number of hydrogen-bond donors (Lipinski definition) is 0. The maximum atomic E-state index is 13.5. The van der Waals surface area contributed by atoms with Gasteiger partial charge in [0.05, 0.1) is 10.6 Å². The van der Waals surface area contributed by atoms with E-state index in [0.29, 0.717) is 36.6 Å². The largest absolute Gasteiger partial charge is 0.354 e. The van der Waals surface area contributed by atoms with Crippen molar-refractivity contribution in [2.45, 2.75) is 25.7 Å². The lowest BCUT2D eigenvalue weighted by atomic mass is 10.3. The van der Waals surface area contributed by atoms with Gasteiger partial charge in [-0.1, -0.05) is 0 Å². The second-order valence-corrected chi connectivity index (χ2v) is 9.35. The number of imidazole rings is 1. The van der Waals surface area contributed by atoms with E-state index in [-0.39, 0.29) is 18.0 Å². The van der Waals surface area contributed by atoms with Crippen molar-refractivity contribution >= 4 is 15.8 Å². The van der Waals surface area contributed by atoms with Crippen LogP contribution in [0.1, 0.15) is 17.2 Å². The first-order chi connectivity index (χ1) is 14.6. The lowest BCUT2D eigenvalue weighted by Crippen LogP contribution is -2.49. The first-order valence-corrected chi connectivity index (χ1v) is 11.2. The zero-order chi connectivity index (χ0) is 22.3. The van der Waals surface area contributed by atoms with Gasteiger partial charge >= 0.3 is 0 Å². The fraction of sp³-hybridized carbons (Fsp3) is 0.350. The average molecular weight is 448 g/mol. The summed E-state index contributed by atoms with van der Waals surface area (Å²) < 4.78 is 55.7. The lowest BCUT2D eigenvalue weighted by Gasteiger charge is -2.34. The SMILES string of the molecule is Cc1nc(N2CCN(S(=O)(=O)c3cc(F)cc(F)c3)CC2)cc(-n2cnc(C)c2C)n1. The van der Waals surface area contributed by atoms with Gasteiger partial charge in [0, 0.05) is 44.0 Å². The summed E-state index contributed by atoms with van der Waals surface area (Å²) in [5.41, 5.74) is 1.88. The van der Waals surface area contributed by atoms with Crippen molar-refractivity contribution in [1.82, 2.24) is 23.8 Å². The van der Waals surface area contributed by atoms with E-state index in [9.17, 15) is 17.2 Å². The molecule has 0 spiro atoms. The molecule has 0 amide bonds. The summed E-state index contributed by atoms with van der Waals surface area (Å²) in [6.45, 7) is 6.78. The molecular formula is C20H22F2N6O2S. The highest BCUT2D eigenvalue weighted by Crippen LogP contribution is 2.23. The summed E-state index contributed by atoms with van der Waals surface area (Å²) in [5, 5.41) is 0. The number of piperazine rings is 1. The van der Waals surface area contributed by atoms with E-state index >= 15 is 0 Å². The Kier molecular flexibility index (Phi) is 5.48. The third kappa shape index (κ3) is 4.15. The van der Waals surface area contributed by atoms with E-state index in [0.717, 1.165) is 23.5 Å². The van der Waals surface area contributed by atoms with Crippen LogP contribution in [0, 0.1) is 32.4 Å². The van der Waals surface area contributed by atoms with Crippen molar-refractivity contribution in [3.8, 4) is 5.82 Å². The highest BCUT2D eigenvalue weighted by molar-refractivity contribution is 7.89. The van der Waals surface area contributed by atoms with Crippen LogP contribution in [0.2, 0.25) is 0 Å². The number of benzene rings is 1. The van der Waals surface area contributed by atoms with Crippen molar-refractivity contribution in [2.24, 2.45) is 0 Å². The molecule has 0 N–H and O–H groups in total. The number of halogens is 2. The molecule has 0 atom stereocenters. The predicted octanol–water partition coefficient (Wildman–Crippen LogP) is 2.38. The molecule has 4 rings (SSSR count). The van der Waals surface area contributed by atoms with E-state index in [1.807, 2.05) is 29.4 Å². The summed E-state index contributed by atoms with van der Waals surface area (Å²) in [5.74, 6) is 0.106. The van der Waals surface area contributed by atoms with Crippen molar-refractivity contribution in [3.05, 3.63) is 59.4 Å². The Bertz CT molecular complexity index is 1220. The molecule has 1 saturated heterocycles. The van der Waals surface area contributed by atoms with E-state index in [1.165, 1.54) is 4.31 Å². The maximum absolute atomic E-state index is 13.5. The van der Waals surface area contributed by atoms with Crippen LogP contribution in [0.15, 0.2) is 35.5 Å². The van der Waals surface area contributed by atoms with Crippen LogP contribution in [0.25, 0.3) is 5.82 Å². The Hall–Kier alpha value is -2.92. The Labute approximate surface area is 179 Å². The van der Waals surface area contributed by atoms with Crippen molar-refractivity contribution in [2.75, 3.05) is 31.1 Å². The number of anilines is 1. The molecule has 0 unspecified atom stereocenters. The van der Waals surface area contributed by atoms with Crippen LogP contribution in [0.3, 0.4) is 0 Å². The minimum Gasteiger partial charge on any atom is -0.354 e. The van der Waals surface area contributed by atoms with E-state index in [2.05, 4.69) is 15.0 Å². The first kappa shape index (κ1) is 21.3. The van der Waals surface area contributed by atoms with Gasteiger partial charge < -0.3 is 4.90 Å². The quantitative estimate of drug-likeness (QED) is 0.609. The third-order valence-electron chi connectivity index (χ3n) is 5.35. The number of hydrogen-bond acceptors (Lipinski definition) is 6. The van der Waals surface area contributed by atoms with Crippen LogP contribution >= 0.6 is 0 Å². The second kappa shape index (κ2) is 7.97. The van der Waals surface area contributed by atoms with Crippen LogP contribution in [-0.2, 0) is 10.0 Å². The molecule has 31 heavy (non-hydrogen) atoms. The molecule has 1 fully saturated rings. The molecule has 8 nitrogen and oxygen atoms in total. The monoisotopic (exact) mass is 448 g/mol. The molecule has 2 aromatic heterocycles. The molecule has 3 heterocycles. The standard InChI is InChI=1S/C20H22F2N6O2S/c1-13-14(2)28(12-23-13)20-11-19(24-15(3)25-20)26-4-6-27(7-5-26)31(29,30)18-9-16(21)8-17(22)10-18/h8-12H,4-7H2,1-3H3. The number of sulfonamides is 1. The van der Waals surface area contributed by atoms with Gasteiger partial charge in [-0.2, -0.15) is 4.31 Å². The van der Waals surface area contributed by atoms with Gasteiger partial charge in [-0.3, -0.25) is 4.57 Å². The van der Waals surface area contributed by atoms with E-state index in [1.54, 1.807) is 13.3 Å². The van der Waals surface area contributed by atoms with Gasteiger partial charge in [0.25, 0.3) is 0 Å². The fourth-order valence-corrected chi connectivity index (χ4v) is 5.00. The zero-order valence-corrected chi connectivity index (χ0v) is 18.2.